The van der Waals surface area contributed by atoms with Gasteiger partial charge < -0.3 is 90.7 Å². The minimum Gasteiger partial charge on any atom is -0.756 e. The number of carbonyl (C=O) groups is 1. The van der Waals surface area contributed by atoms with Crippen LogP contribution in [0.3, 0.4) is 0 Å². The first-order chi connectivity index (χ1) is 40.6. The lowest BCUT2D eigenvalue weighted by molar-refractivity contribution is -0.646. The molecule has 7 aromatic rings. The van der Waals surface area contributed by atoms with Gasteiger partial charge in [0.25, 0.3) is 24.5 Å². The average molecular weight is 1290 g/mol. The van der Waals surface area contributed by atoms with Crippen molar-refractivity contribution in [3.63, 3.8) is 0 Å². The molecule has 16 atom stereocenters. The summed E-state index contributed by atoms with van der Waals surface area (Å²) in [5.74, 6) is -1.98. The number of imidazole rings is 3. The second-order valence-corrected chi connectivity index (χ2v) is 25.2. The molecule has 0 saturated carbocycles. The molecule has 0 radical (unpaired) electrons. The Kier molecular flexibility index (Phi) is 17.8. The monoisotopic (exact) mass is 1290 g/mol. The summed E-state index contributed by atoms with van der Waals surface area (Å²) in [6.07, 6.45) is -13.9. The minimum atomic E-state index is -6.28. The fourth-order valence-corrected chi connectivity index (χ4v) is 14.1. The number of nitrogens with two attached hydrogens (primary N) is 3. The first-order valence-electron chi connectivity index (χ1n) is 25.0. The molecule has 0 spiro atoms. The number of aromatic amines is 2. The van der Waals surface area contributed by atoms with Crippen molar-refractivity contribution in [2.75, 3.05) is 50.7 Å². The second kappa shape index (κ2) is 24.5. The van der Waals surface area contributed by atoms with E-state index in [-0.39, 0.29) is 57.8 Å². The molecule has 3 saturated heterocycles. The zero-order valence-corrected chi connectivity index (χ0v) is 47.8. The Morgan fingerprint density at radius 3 is 1.99 bits per heavy atom. The first-order valence-corrected chi connectivity index (χ1v) is 30.9. The zero-order chi connectivity index (χ0) is 61.8. The summed E-state index contributed by atoms with van der Waals surface area (Å²) >= 11 is 0. The number of amides is 2. The standard InChI is InChI=1S/C41H53N17O24P4/c1-55-16-58(33-24(55)35(63)54-40(44)52-33)36-25(59)18(9-46-41(64)45-8-17-6-4-3-5-7-17)19(77-36)10-75-84(67,68)81-86(71,72)82-85(69,70)76-12-21-28(29(73-2)38(79-21)56-14-49-22-30(42)47-13-48-31(22)56)80-83(65,66)74-11-20-26(60)27(61)37(78-20)57-15-50-23-32(57)51-39(43)53-34(23)62/h3-7,13-16,18-21,25-29,36-38,59-61H,8-12H2,1-2H3,(H13-,42,43,44,45,46,47,48,51,52,53,54,62,63,64,65,66,67,68,69,70,71,72)/t18-,19-,20-,21-,25-,26-,27-,28-,29-,36-,37-,38-/m1/s1. The van der Waals surface area contributed by atoms with Crippen LogP contribution in [0, 0.1) is 5.92 Å². The lowest BCUT2D eigenvalue weighted by Crippen LogP contribution is -2.43. The fourth-order valence-electron chi connectivity index (χ4n) is 9.67. The number of urea groups is 1. The topological polar surface area (TPSA) is 586 Å². The van der Waals surface area contributed by atoms with Crippen molar-refractivity contribution in [2.24, 2.45) is 13.0 Å². The average Bonchev–Trinajstić information content (AvgIpc) is 2.34. The van der Waals surface area contributed by atoms with E-state index in [1.54, 1.807) is 30.3 Å². The quantitative estimate of drug-likeness (QED) is 0.0217. The molecule has 2 amide bonds. The van der Waals surface area contributed by atoms with Crippen molar-refractivity contribution in [3.05, 3.63) is 81.9 Å². The molecule has 466 valence electrons. The Morgan fingerprint density at radius 2 is 1.30 bits per heavy atom. The number of nitrogens with zero attached hydrogens (tertiary/aromatic N) is 10. The Balaban J connectivity index is 0.811. The number of carbonyl (C=O) groups excluding carboxylic acids is 1. The van der Waals surface area contributed by atoms with E-state index in [1.807, 2.05) is 0 Å². The summed E-state index contributed by atoms with van der Waals surface area (Å²) < 4.78 is 111. The molecular formula is C41H53N17O24P4. The molecule has 6 aromatic heterocycles. The molecule has 9 heterocycles. The van der Waals surface area contributed by atoms with Crippen LogP contribution in [0.25, 0.3) is 33.5 Å². The minimum absolute atomic E-state index is 0.0146. The van der Waals surface area contributed by atoms with Crippen LogP contribution in [-0.4, -0.2) is 172 Å². The summed E-state index contributed by atoms with van der Waals surface area (Å²) in [5.41, 5.74) is 16.3. The van der Waals surface area contributed by atoms with Crippen LogP contribution in [-0.2, 0) is 77.5 Å². The van der Waals surface area contributed by atoms with Gasteiger partial charge in [-0.15, -0.1) is 0 Å². The number of nitrogens with one attached hydrogen (secondary N) is 4. The number of aliphatic hydroxyl groups is 3. The van der Waals surface area contributed by atoms with Crippen LogP contribution in [0.5, 0.6) is 0 Å². The molecule has 16 N–H and O–H groups in total. The van der Waals surface area contributed by atoms with Gasteiger partial charge in [-0.25, -0.2) is 43.0 Å². The Labute approximate surface area is 479 Å². The summed E-state index contributed by atoms with van der Waals surface area (Å²) in [6, 6.07) is 8.04. The van der Waals surface area contributed by atoms with Gasteiger partial charge in [0.2, 0.25) is 24.5 Å². The molecule has 45 heteroatoms. The Hall–Kier alpha value is -6.62. The fraction of sp³-hybridized carbons (Fsp3) is 0.463. The molecule has 3 aliphatic heterocycles. The van der Waals surface area contributed by atoms with Crippen LogP contribution < -0.4 is 48.4 Å². The van der Waals surface area contributed by atoms with Crippen molar-refractivity contribution < 1.29 is 108 Å². The van der Waals surface area contributed by atoms with Crippen molar-refractivity contribution in [2.45, 2.75) is 74.1 Å². The van der Waals surface area contributed by atoms with E-state index in [2.05, 4.69) is 59.1 Å². The van der Waals surface area contributed by atoms with E-state index in [0.29, 0.717) is 0 Å². The highest BCUT2D eigenvalue weighted by atomic mass is 31.3. The maximum Gasteiger partial charge on any atom is 0.490 e. The number of benzene rings is 1. The van der Waals surface area contributed by atoms with Gasteiger partial charge in [0.1, 0.15) is 54.6 Å². The van der Waals surface area contributed by atoms with Crippen LogP contribution in [0.4, 0.5) is 22.5 Å². The highest BCUT2D eigenvalue weighted by Crippen LogP contribution is 2.68. The van der Waals surface area contributed by atoms with Crippen molar-refractivity contribution in [3.8, 4) is 0 Å². The summed E-state index contributed by atoms with van der Waals surface area (Å²) in [4.78, 5) is 113. The third-order valence-electron chi connectivity index (χ3n) is 13.5. The summed E-state index contributed by atoms with van der Waals surface area (Å²) in [6.45, 7) is -3.77. The van der Waals surface area contributed by atoms with Crippen molar-refractivity contribution in [1.29, 1.82) is 0 Å². The number of hydrogen-bond acceptors (Lipinski definition) is 30. The number of phosphoric acid groups is 4. The smallest absolute Gasteiger partial charge is 0.490 e. The number of rotatable bonds is 23. The van der Waals surface area contributed by atoms with Gasteiger partial charge in [-0.05, 0) is 5.56 Å². The number of hydrogen-bond donors (Lipinski definition) is 13. The predicted octanol–water partition coefficient (Wildman–Crippen LogP) is -3.59. The van der Waals surface area contributed by atoms with E-state index in [0.717, 1.165) is 36.2 Å². The molecule has 3 aliphatic rings. The summed E-state index contributed by atoms with van der Waals surface area (Å²) in [5, 5.41) is 38.6. The second-order valence-electron chi connectivity index (χ2n) is 19.2. The molecule has 41 nitrogen and oxygen atoms in total. The van der Waals surface area contributed by atoms with Gasteiger partial charge in [-0.1, -0.05) is 30.3 Å². The predicted molar refractivity (Wildman–Crippen MR) is 281 cm³/mol. The van der Waals surface area contributed by atoms with Crippen LogP contribution in [0.1, 0.15) is 24.2 Å². The van der Waals surface area contributed by atoms with Crippen molar-refractivity contribution in [1.82, 2.24) is 64.2 Å². The molecular weight excluding hydrogens is 1240 g/mol. The van der Waals surface area contributed by atoms with Crippen LogP contribution >= 0.6 is 31.3 Å². The SMILES string of the molecule is CO[C@@H]1[C@H](OP(=O)([O-])OC[C@H]2O[C@@H](n3cnc4c(=O)[nH]c(N)nc43)[C@H](O)[C@@H]2O)[C@@H](COP(=O)(O)OP(=O)(O)OP(=O)(O)OC[C@H]2O[C@@H](n3c[n+](C)c4c(=O)[nH]c(N)nc43)[C@H](O)[C@@H]2CNC(=O)NCc2ccccc2)O[C@H]1n1cnc2c(N)ncnc21. The number of methoxy groups -OCH3 is 1. The normalized spacial score (nSPS) is 27.9. The number of aliphatic hydroxyl groups excluding tert-OH is 3. The maximum absolute atomic E-state index is 13.7. The summed E-state index contributed by atoms with van der Waals surface area (Å²) in [7, 11) is -21.4. The molecule has 10 rings (SSSR count). The van der Waals surface area contributed by atoms with Gasteiger partial charge in [0, 0.05) is 26.1 Å². The first kappa shape index (κ1) is 62.4. The number of phosphoric ester groups is 3. The lowest BCUT2D eigenvalue weighted by atomic mass is 9.98. The molecule has 3 fully saturated rings. The van der Waals surface area contributed by atoms with Crippen LogP contribution in [0.15, 0.2) is 65.2 Å². The highest BCUT2D eigenvalue weighted by Gasteiger charge is 2.53. The number of anilines is 3. The van der Waals surface area contributed by atoms with E-state index in [1.165, 1.54) is 27.1 Å². The van der Waals surface area contributed by atoms with Gasteiger partial charge in [-0.2, -0.15) is 23.2 Å². The molecule has 1 aromatic carbocycles. The van der Waals surface area contributed by atoms with Gasteiger partial charge >= 0.3 is 35.1 Å². The number of fused-ring (bicyclic) bond motifs is 3. The van der Waals surface area contributed by atoms with E-state index >= 15 is 0 Å². The molecule has 0 bridgehead atoms. The van der Waals surface area contributed by atoms with Crippen LogP contribution in [0.2, 0.25) is 0 Å². The third-order valence-corrected chi connectivity index (χ3v) is 18.7. The maximum atomic E-state index is 13.7. The zero-order valence-electron chi connectivity index (χ0n) is 44.2. The Morgan fingerprint density at radius 1 is 0.709 bits per heavy atom. The van der Waals surface area contributed by atoms with Crippen molar-refractivity contribution >= 4 is 88.5 Å². The van der Waals surface area contributed by atoms with E-state index < -0.39 is 148 Å². The number of aromatic nitrogens is 12. The van der Waals surface area contributed by atoms with E-state index in [4.69, 9.17) is 54.2 Å². The lowest BCUT2D eigenvalue weighted by Gasteiger charge is -2.31. The molecule has 0 aliphatic carbocycles. The van der Waals surface area contributed by atoms with Gasteiger partial charge in [0.05, 0.1) is 45.6 Å². The number of nitrogen functional groups attached to an aromatic ring is 3. The van der Waals surface area contributed by atoms with E-state index in [9.17, 15) is 67.5 Å². The van der Waals surface area contributed by atoms with Gasteiger partial charge in [0.15, 0.2) is 35.1 Å². The molecule has 4 unspecified atom stereocenters. The number of aryl methyl sites for hydroxylation is 1. The molecule has 86 heavy (non-hydrogen) atoms. The number of ether oxygens (including phenoxy) is 4. The Bertz CT molecular complexity index is 3990. The largest absolute Gasteiger partial charge is 0.756 e. The number of H-pyrrole nitrogens is 2. The highest BCUT2D eigenvalue weighted by molar-refractivity contribution is 7.66. The third kappa shape index (κ3) is 13.3. The van der Waals surface area contributed by atoms with Gasteiger partial charge in [-0.3, -0.25) is 42.3 Å².